The van der Waals surface area contributed by atoms with Gasteiger partial charge in [-0.15, -0.1) is 0 Å². The van der Waals surface area contributed by atoms with Crippen molar-refractivity contribution in [3.8, 4) is 0 Å². The maximum absolute atomic E-state index is 14.0. The zero-order valence-electron chi connectivity index (χ0n) is 13.3. The number of rotatable bonds is 3. The molecule has 0 aliphatic carbocycles. The zero-order chi connectivity index (χ0) is 17.0. The van der Waals surface area contributed by atoms with Gasteiger partial charge in [0.2, 0.25) is 0 Å². The number of carbonyl (C=O) groups excluding carboxylic acids is 1. The quantitative estimate of drug-likeness (QED) is 0.365. The van der Waals surface area contributed by atoms with E-state index >= 15 is 0 Å². The number of nitrogens with zero attached hydrogens (tertiary/aromatic N) is 3. The van der Waals surface area contributed by atoms with E-state index in [2.05, 4.69) is 9.98 Å². The predicted octanol–water partition coefficient (Wildman–Crippen LogP) is 2.82. The lowest BCUT2D eigenvalue weighted by Crippen LogP contribution is -2.46. The molecule has 0 N–H and O–H groups in total. The van der Waals surface area contributed by atoms with Gasteiger partial charge in [0, 0.05) is 6.54 Å². The number of halogens is 2. The summed E-state index contributed by atoms with van der Waals surface area (Å²) in [6.07, 6.45) is 0.889. The number of hydrogen-bond acceptors (Lipinski definition) is 5. The first-order valence-electron chi connectivity index (χ1n) is 7.36. The van der Waals surface area contributed by atoms with Crippen molar-refractivity contribution in [1.82, 2.24) is 9.88 Å². The molecule has 1 atom stereocenters. The van der Waals surface area contributed by atoms with Crippen molar-refractivity contribution in [1.29, 1.82) is 0 Å². The average molecular weight is 344 g/mol. The van der Waals surface area contributed by atoms with Crippen LogP contribution < -0.4 is 0 Å². The summed E-state index contributed by atoms with van der Waals surface area (Å²) >= 11 is 6.03. The second-order valence-electron chi connectivity index (χ2n) is 5.12. The number of aromatic nitrogens is 1. The highest BCUT2D eigenvalue weighted by atomic mass is 35.5. The Morgan fingerprint density at radius 3 is 3.04 bits per heavy atom. The van der Waals surface area contributed by atoms with Crippen LogP contribution >= 0.6 is 11.6 Å². The van der Waals surface area contributed by atoms with Gasteiger partial charge < -0.3 is 14.4 Å². The molecule has 2 heterocycles. The van der Waals surface area contributed by atoms with Crippen LogP contribution in [0.4, 0.5) is 10.1 Å². The van der Waals surface area contributed by atoms with E-state index in [-0.39, 0.29) is 29.1 Å². The number of esters is 1. The van der Waals surface area contributed by atoms with Crippen LogP contribution in [-0.2, 0) is 9.47 Å². The van der Waals surface area contributed by atoms with Crippen molar-refractivity contribution in [2.75, 3.05) is 26.4 Å². The fourth-order valence-corrected chi connectivity index (χ4v) is 2.57. The number of ether oxygens (including phenoxy) is 2. The molecule has 126 valence electrons. The molecule has 1 aromatic heterocycles. The highest BCUT2D eigenvalue weighted by molar-refractivity contribution is 6.32. The molecule has 1 saturated heterocycles. The largest absolute Gasteiger partial charge is 0.462 e. The third-order valence-electron chi connectivity index (χ3n) is 3.50. The molecule has 23 heavy (non-hydrogen) atoms. The predicted molar refractivity (Wildman–Crippen MR) is 84.9 cm³/mol. The third-order valence-corrected chi connectivity index (χ3v) is 3.78. The van der Waals surface area contributed by atoms with Crippen LogP contribution in [-0.4, -0.2) is 54.1 Å². The molecular formula is C15H19ClFN3O3. The highest BCUT2D eigenvalue weighted by Gasteiger charge is 2.24. The van der Waals surface area contributed by atoms with Crippen LogP contribution in [0.25, 0.3) is 0 Å². The fourth-order valence-electron chi connectivity index (χ4n) is 2.39. The van der Waals surface area contributed by atoms with Gasteiger partial charge in [0.1, 0.15) is 17.1 Å². The number of morpholine rings is 1. The van der Waals surface area contributed by atoms with Crippen LogP contribution in [0.15, 0.2) is 11.2 Å². The summed E-state index contributed by atoms with van der Waals surface area (Å²) in [5.74, 6) is -1.01. The summed E-state index contributed by atoms with van der Waals surface area (Å²) in [6.45, 7) is 7.35. The van der Waals surface area contributed by atoms with Gasteiger partial charge in [0.25, 0.3) is 0 Å². The van der Waals surface area contributed by atoms with Crippen molar-refractivity contribution in [2.24, 2.45) is 4.99 Å². The Labute approximate surface area is 139 Å². The van der Waals surface area contributed by atoms with Crippen molar-refractivity contribution in [2.45, 2.75) is 26.8 Å². The van der Waals surface area contributed by atoms with E-state index < -0.39 is 11.8 Å². The van der Waals surface area contributed by atoms with Crippen LogP contribution in [0.1, 0.15) is 31.1 Å². The molecule has 1 aliphatic rings. The minimum absolute atomic E-state index is 0.0127. The lowest BCUT2D eigenvalue weighted by molar-refractivity contribution is 0.0330. The van der Waals surface area contributed by atoms with Crippen molar-refractivity contribution in [3.05, 3.63) is 22.7 Å². The Hall–Kier alpha value is -1.73. The first kappa shape index (κ1) is 17.6. The number of carbonyl (C=O) groups is 1. The summed E-state index contributed by atoms with van der Waals surface area (Å²) in [7, 11) is 0. The minimum atomic E-state index is -0.811. The fraction of sp³-hybridized carbons (Fsp3) is 0.533. The topological polar surface area (TPSA) is 64.0 Å². The normalized spacial score (nSPS) is 18.9. The number of pyridine rings is 1. The van der Waals surface area contributed by atoms with Crippen molar-refractivity contribution >= 4 is 29.1 Å². The van der Waals surface area contributed by atoms with Crippen LogP contribution in [0.3, 0.4) is 0 Å². The smallest absolute Gasteiger partial charge is 0.343 e. The average Bonchev–Trinajstić information content (AvgIpc) is 2.51. The monoisotopic (exact) mass is 343 g/mol. The Morgan fingerprint density at radius 1 is 1.65 bits per heavy atom. The third kappa shape index (κ3) is 3.97. The van der Waals surface area contributed by atoms with Crippen LogP contribution in [0.2, 0.25) is 5.15 Å². The van der Waals surface area contributed by atoms with E-state index in [0.717, 1.165) is 6.20 Å². The second-order valence-corrected chi connectivity index (χ2v) is 5.48. The molecule has 0 radical (unpaired) electrons. The second kappa shape index (κ2) is 7.70. The molecule has 1 aliphatic heterocycles. The van der Waals surface area contributed by atoms with Crippen molar-refractivity contribution < 1.29 is 18.7 Å². The Kier molecular flexibility index (Phi) is 5.90. The first-order chi connectivity index (χ1) is 11.0. The Bertz CT molecular complexity index is 624. The maximum atomic E-state index is 14.0. The lowest BCUT2D eigenvalue weighted by atomic mass is 10.2. The van der Waals surface area contributed by atoms with E-state index in [0.29, 0.717) is 25.6 Å². The molecule has 1 fully saturated rings. The molecule has 0 unspecified atom stereocenters. The van der Waals surface area contributed by atoms with Gasteiger partial charge in [0.05, 0.1) is 32.1 Å². The number of amidine groups is 1. The molecule has 0 bridgehead atoms. The molecule has 0 aromatic carbocycles. The van der Waals surface area contributed by atoms with Gasteiger partial charge in [-0.05, 0) is 20.8 Å². The number of aliphatic imine (C=N–C) groups is 1. The Balaban J connectivity index is 2.43. The summed E-state index contributed by atoms with van der Waals surface area (Å²) in [6, 6.07) is 0.124. The maximum Gasteiger partial charge on any atom is 0.343 e. The highest BCUT2D eigenvalue weighted by Crippen LogP contribution is 2.30. The minimum Gasteiger partial charge on any atom is -0.462 e. The van der Waals surface area contributed by atoms with E-state index in [1.54, 1.807) is 13.8 Å². The zero-order valence-corrected chi connectivity index (χ0v) is 14.1. The summed E-state index contributed by atoms with van der Waals surface area (Å²) in [5, 5.41) is -0.0466. The molecule has 0 amide bonds. The van der Waals surface area contributed by atoms with Gasteiger partial charge >= 0.3 is 5.97 Å². The molecule has 0 saturated carbocycles. The Morgan fingerprint density at radius 2 is 2.39 bits per heavy atom. The van der Waals surface area contributed by atoms with Crippen LogP contribution in [0.5, 0.6) is 0 Å². The van der Waals surface area contributed by atoms with E-state index in [1.807, 2.05) is 11.8 Å². The summed E-state index contributed by atoms with van der Waals surface area (Å²) in [4.78, 5) is 22.1. The molecule has 6 nitrogen and oxygen atoms in total. The van der Waals surface area contributed by atoms with Gasteiger partial charge in [-0.3, -0.25) is 0 Å². The van der Waals surface area contributed by atoms with E-state index in [9.17, 15) is 9.18 Å². The van der Waals surface area contributed by atoms with Gasteiger partial charge in [0.15, 0.2) is 11.0 Å². The number of hydrogen-bond donors (Lipinski definition) is 0. The standard InChI is InChI=1S/C15H19ClFN3O3/c1-4-23-15(21)12-11(17)7-18-14(16)13(12)19-10(3)20-5-6-22-8-9(20)2/h7,9H,4-6,8H2,1-3H3/t9-/m1/s1. The van der Waals surface area contributed by atoms with Gasteiger partial charge in [-0.1, -0.05) is 11.6 Å². The SMILES string of the molecule is CCOC(=O)c1c(F)cnc(Cl)c1N=C(C)N1CCOC[C@H]1C. The molecular weight excluding hydrogens is 325 g/mol. The summed E-state index contributed by atoms with van der Waals surface area (Å²) in [5.41, 5.74) is -0.312. The first-order valence-corrected chi connectivity index (χ1v) is 7.74. The summed E-state index contributed by atoms with van der Waals surface area (Å²) < 4.78 is 24.3. The van der Waals surface area contributed by atoms with Gasteiger partial charge in [-0.25, -0.2) is 19.2 Å². The van der Waals surface area contributed by atoms with Crippen molar-refractivity contribution in [3.63, 3.8) is 0 Å². The molecule has 1 aromatic rings. The lowest BCUT2D eigenvalue weighted by Gasteiger charge is -2.34. The van der Waals surface area contributed by atoms with E-state index in [1.165, 1.54) is 0 Å². The van der Waals surface area contributed by atoms with Crippen LogP contribution in [0, 0.1) is 5.82 Å². The molecule has 0 spiro atoms. The molecule has 8 heteroatoms. The molecule has 2 rings (SSSR count). The van der Waals surface area contributed by atoms with Gasteiger partial charge in [-0.2, -0.15) is 0 Å². The van der Waals surface area contributed by atoms with E-state index in [4.69, 9.17) is 21.1 Å².